The Bertz CT molecular complexity index is 822. The van der Waals surface area contributed by atoms with E-state index in [-0.39, 0.29) is 5.95 Å². The predicted octanol–water partition coefficient (Wildman–Crippen LogP) is 2.92. The van der Waals surface area contributed by atoms with E-state index in [1.54, 1.807) is 6.20 Å². The number of anilines is 4. The summed E-state index contributed by atoms with van der Waals surface area (Å²) in [5, 5.41) is 8.73. The van der Waals surface area contributed by atoms with Crippen molar-refractivity contribution in [2.75, 3.05) is 16.4 Å². The minimum atomic E-state index is 0.244. The standard InChI is InChI=1S/C16H16N6/c17-16-21-13(19-11-5-6-11)9-14(22-16)20-15-12-4-2-1-3-10(12)7-8-18-15/h1-4,7-9,11H,5-6H2,(H4,17,18,19,20,21,22). The Morgan fingerprint density at radius 3 is 2.73 bits per heavy atom. The lowest BCUT2D eigenvalue weighted by Gasteiger charge is -2.10. The second-order valence-corrected chi connectivity index (χ2v) is 5.42. The SMILES string of the molecule is Nc1nc(Nc2nccc3ccccc23)cc(NC2CC2)n1. The third-order valence-electron chi connectivity index (χ3n) is 3.59. The molecule has 1 aliphatic rings. The molecule has 22 heavy (non-hydrogen) atoms. The first-order valence-electron chi connectivity index (χ1n) is 7.30. The van der Waals surface area contributed by atoms with E-state index < -0.39 is 0 Å². The number of rotatable bonds is 4. The van der Waals surface area contributed by atoms with Crippen LogP contribution in [0.3, 0.4) is 0 Å². The highest BCUT2D eigenvalue weighted by atomic mass is 15.2. The molecule has 2 aromatic heterocycles. The van der Waals surface area contributed by atoms with Crippen molar-refractivity contribution >= 4 is 34.2 Å². The van der Waals surface area contributed by atoms with Gasteiger partial charge in [-0.05, 0) is 24.3 Å². The molecule has 0 bridgehead atoms. The number of nitrogens with one attached hydrogen (secondary N) is 2. The molecule has 6 nitrogen and oxygen atoms in total. The van der Waals surface area contributed by atoms with E-state index in [1.807, 2.05) is 30.3 Å². The molecular formula is C16H16N6. The van der Waals surface area contributed by atoms with Crippen molar-refractivity contribution in [3.05, 3.63) is 42.6 Å². The van der Waals surface area contributed by atoms with E-state index in [0.29, 0.717) is 11.9 Å². The van der Waals surface area contributed by atoms with Gasteiger partial charge in [0.15, 0.2) is 0 Å². The Morgan fingerprint density at radius 1 is 1.05 bits per heavy atom. The molecular weight excluding hydrogens is 276 g/mol. The average molecular weight is 292 g/mol. The fourth-order valence-electron chi connectivity index (χ4n) is 2.38. The van der Waals surface area contributed by atoms with Crippen LogP contribution in [0.2, 0.25) is 0 Å². The summed E-state index contributed by atoms with van der Waals surface area (Å²) >= 11 is 0. The molecule has 4 N–H and O–H groups in total. The van der Waals surface area contributed by atoms with Crippen LogP contribution in [0.5, 0.6) is 0 Å². The Labute approximate surface area is 127 Å². The van der Waals surface area contributed by atoms with Crippen LogP contribution in [0.25, 0.3) is 10.8 Å². The van der Waals surface area contributed by atoms with Crippen LogP contribution in [-0.4, -0.2) is 21.0 Å². The first kappa shape index (κ1) is 12.8. The van der Waals surface area contributed by atoms with Gasteiger partial charge in [0.25, 0.3) is 0 Å². The maximum absolute atomic E-state index is 5.80. The van der Waals surface area contributed by atoms with E-state index in [0.717, 1.165) is 22.4 Å². The molecule has 0 atom stereocenters. The third-order valence-corrected chi connectivity index (χ3v) is 3.59. The van der Waals surface area contributed by atoms with Crippen LogP contribution in [-0.2, 0) is 0 Å². The monoisotopic (exact) mass is 292 g/mol. The van der Waals surface area contributed by atoms with Crippen LogP contribution in [0, 0.1) is 0 Å². The third kappa shape index (κ3) is 2.63. The van der Waals surface area contributed by atoms with E-state index in [9.17, 15) is 0 Å². The van der Waals surface area contributed by atoms with Crippen LogP contribution >= 0.6 is 0 Å². The molecule has 4 rings (SSSR count). The maximum Gasteiger partial charge on any atom is 0.223 e. The molecule has 0 amide bonds. The van der Waals surface area contributed by atoms with Crippen molar-refractivity contribution in [2.45, 2.75) is 18.9 Å². The average Bonchev–Trinajstić information content (AvgIpc) is 3.31. The highest BCUT2D eigenvalue weighted by Gasteiger charge is 2.21. The zero-order valence-electron chi connectivity index (χ0n) is 12.0. The Hall–Kier alpha value is -2.89. The predicted molar refractivity (Wildman–Crippen MR) is 88.1 cm³/mol. The van der Waals surface area contributed by atoms with E-state index in [2.05, 4.69) is 31.7 Å². The molecule has 0 aliphatic heterocycles. The van der Waals surface area contributed by atoms with Gasteiger partial charge in [0.1, 0.15) is 17.5 Å². The lowest BCUT2D eigenvalue weighted by molar-refractivity contribution is 1.09. The second kappa shape index (κ2) is 5.14. The first-order chi connectivity index (χ1) is 10.8. The van der Waals surface area contributed by atoms with Gasteiger partial charge in [0.05, 0.1) is 0 Å². The van der Waals surface area contributed by atoms with E-state index >= 15 is 0 Å². The smallest absolute Gasteiger partial charge is 0.223 e. The van der Waals surface area contributed by atoms with Gasteiger partial charge in [-0.15, -0.1) is 0 Å². The zero-order valence-corrected chi connectivity index (χ0v) is 12.0. The summed E-state index contributed by atoms with van der Waals surface area (Å²) in [7, 11) is 0. The van der Waals surface area contributed by atoms with Crippen molar-refractivity contribution in [1.82, 2.24) is 15.0 Å². The van der Waals surface area contributed by atoms with Gasteiger partial charge in [0, 0.05) is 23.7 Å². The normalized spacial score (nSPS) is 14.0. The largest absolute Gasteiger partial charge is 0.368 e. The fraction of sp³-hybridized carbons (Fsp3) is 0.188. The number of nitrogens with two attached hydrogens (primary N) is 1. The second-order valence-electron chi connectivity index (χ2n) is 5.42. The molecule has 1 fully saturated rings. The molecule has 6 heteroatoms. The van der Waals surface area contributed by atoms with Crippen molar-refractivity contribution < 1.29 is 0 Å². The topological polar surface area (TPSA) is 88.8 Å². The quantitative estimate of drug-likeness (QED) is 0.685. The zero-order chi connectivity index (χ0) is 14.9. The summed E-state index contributed by atoms with van der Waals surface area (Å²) in [5.41, 5.74) is 5.80. The molecule has 2 heterocycles. The Morgan fingerprint density at radius 2 is 1.86 bits per heavy atom. The Kier molecular flexibility index (Phi) is 3.00. The maximum atomic E-state index is 5.80. The molecule has 3 aromatic rings. The minimum Gasteiger partial charge on any atom is -0.368 e. The number of aromatic nitrogens is 3. The van der Waals surface area contributed by atoms with Crippen LogP contribution < -0.4 is 16.4 Å². The highest BCUT2D eigenvalue weighted by Crippen LogP contribution is 2.27. The minimum absolute atomic E-state index is 0.244. The van der Waals surface area contributed by atoms with Crippen molar-refractivity contribution in [1.29, 1.82) is 0 Å². The summed E-state index contributed by atoms with van der Waals surface area (Å²) in [6.45, 7) is 0. The number of nitrogens with zero attached hydrogens (tertiary/aromatic N) is 3. The number of hydrogen-bond acceptors (Lipinski definition) is 6. The number of nitrogen functional groups attached to an aromatic ring is 1. The summed E-state index contributed by atoms with van der Waals surface area (Å²) in [6, 6.07) is 12.4. The summed E-state index contributed by atoms with van der Waals surface area (Å²) in [5.74, 6) is 2.39. The first-order valence-corrected chi connectivity index (χ1v) is 7.30. The lowest BCUT2D eigenvalue weighted by Crippen LogP contribution is -2.07. The van der Waals surface area contributed by atoms with Crippen LogP contribution in [0.1, 0.15) is 12.8 Å². The van der Waals surface area contributed by atoms with Gasteiger partial charge in [0.2, 0.25) is 5.95 Å². The van der Waals surface area contributed by atoms with Crippen molar-refractivity contribution in [2.24, 2.45) is 0 Å². The van der Waals surface area contributed by atoms with Gasteiger partial charge < -0.3 is 16.4 Å². The van der Waals surface area contributed by atoms with E-state index in [4.69, 9.17) is 5.73 Å². The van der Waals surface area contributed by atoms with Gasteiger partial charge >= 0.3 is 0 Å². The van der Waals surface area contributed by atoms with Crippen LogP contribution in [0.15, 0.2) is 42.6 Å². The highest BCUT2D eigenvalue weighted by molar-refractivity contribution is 5.92. The molecule has 0 unspecified atom stereocenters. The molecule has 0 radical (unpaired) electrons. The van der Waals surface area contributed by atoms with Gasteiger partial charge in [-0.2, -0.15) is 9.97 Å². The number of hydrogen-bond donors (Lipinski definition) is 3. The molecule has 0 saturated heterocycles. The molecule has 1 aliphatic carbocycles. The van der Waals surface area contributed by atoms with Crippen molar-refractivity contribution in [3.8, 4) is 0 Å². The summed E-state index contributed by atoms with van der Waals surface area (Å²) in [6.07, 6.45) is 4.13. The van der Waals surface area contributed by atoms with E-state index in [1.165, 1.54) is 12.8 Å². The molecule has 0 spiro atoms. The fourth-order valence-corrected chi connectivity index (χ4v) is 2.38. The molecule has 110 valence electrons. The van der Waals surface area contributed by atoms with Gasteiger partial charge in [-0.25, -0.2) is 4.98 Å². The van der Waals surface area contributed by atoms with Gasteiger partial charge in [-0.3, -0.25) is 0 Å². The van der Waals surface area contributed by atoms with Crippen molar-refractivity contribution in [3.63, 3.8) is 0 Å². The molecule has 1 saturated carbocycles. The summed E-state index contributed by atoms with van der Waals surface area (Å²) in [4.78, 5) is 12.9. The number of benzene rings is 1. The number of fused-ring (bicyclic) bond motifs is 1. The van der Waals surface area contributed by atoms with Crippen LogP contribution in [0.4, 0.5) is 23.4 Å². The number of pyridine rings is 1. The lowest BCUT2D eigenvalue weighted by atomic mass is 10.1. The Balaban J connectivity index is 1.68. The summed E-state index contributed by atoms with van der Waals surface area (Å²) < 4.78 is 0. The van der Waals surface area contributed by atoms with Gasteiger partial charge in [-0.1, -0.05) is 24.3 Å². The molecule has 1 aromatic carbocycles.